The van der Waals surface area contributed by atoms with Gasteiger partial charge < -0.3 is 9.80 Å². The molecule has 0 N–H and O–H groups in total. The van der Waals surface area contributed by atoms with E-state index < -0.39 is 0 Å². The number of likely N-dealkylation sites (tertiary alicyclic amines) is 1. The Balaban J connectivity index is 1.40. The van der Waals surface area contributed by atoms with Crippen molar-refractivity contribution < 1.29 is 9.59 Å². The van der Waals surface area contributed by atoms with Crippen LogP contribution in [-0.4, -0.2) is 46.3 Å². The minimum Gasteiger partial charge on any atom is -0.338 e. The van der Waals surface area contributed by atoms with Crippen LogP contribution in [-0.2, 0) is 16.6 Å². The number of benzene rings is 1. The molecule has 2 saturated heterocycles. The number of anilines is 1. The van der Waals surface area contributed by atoms with Gasteiger partial charge in [0.1, 0.15) is 5.82 Å². The van der Waals surface area contributed by atoms with Gasteiger partial charge in [-0.25, -0.2) is 9.97 Å². The molecule has 6 nitrogen and oxygen atoms in total. The topological polar surface area (TPSA) is 66.4 Å². The number of amides is 2. The highest BCUT2D eigenvalue weighted by Crippen LogP contribution is 2.44. The molecule has 150 valence electrons. The third-order valence-corrected chi connectivity index (χ3v) is 6.70. The van der Waals surface area contributed by atoms with Gasteiger partial charge in [0.25, 0.3) is 5.91 Å². The number of hydrogen-bond acceptors (Lipinski definition) is 4. The largest absolute Gasteiger partial charge is 0.338 e. The van der Waals surface area contributed by atoms with Crippen molar-refractivity contribution in [1.29, 1.82) is 0 Å². The quantitative estimate of drug-likeness (QED) is 0.791. The Morgan fingerprint density at radius 3 is 2.86 bits per heavy atom. The molecule has 1 aromatic carbocycles. The Bertz CT molecular complexity index is 985. The summed E-state index contributed by atoms with van der Waals surface area (Å²) in [5, 5.41) is 0. The van der Waals surface area contributed by atoms with Crippen molar-refractivity contribution in [3.8, 4) is 0 Å². The zero-order valence-electron chi connectivity index (χ0n) is 16.9. The first kappa shape index (κ1) is 18.3. The Labute approximate surface area is 170 Å². The molecule has 0 radical (unpaired) electrons. The van der Waals surface area contributed by atoms with Gasteiger partial charge in [0.2, 0.25) is 5.91 Å². The van der Waals surface area contributed by atoms with Crippen LogP contribution >= 0.6 is 0 Å². The van der Waals surface area contributed by atoms with Gasteiger partial charge in [-0.15, -0.1) is 0 Å². The van der Waals surface area contributed by atoms with E-state index in [1.807, 2.05) is 42.3 Å². The second-order valence-corrected chi connectivity index (χ2v) is 8.60. The summed E-state index contributed by atoms with van der Waals surface area (Å²) in [5.41, 5.74) is 3.84. The minimum absolute atomic E-state index is 0.0422. The highest BCUT2D eigenvalue weighted by Gasteiger charge is 2.44. The van der Waals surface area contributed by atoms with Gasteiger partial charge in [0.05, 0.1) is 5.69 Å². The number of aryl methyl sites for hydroxylation is 2. The van der Waals surface area contributed by atoms with Crippen LogP contribution in [0.25, 0.3) is 0 Å². The van der Waals surface area contributed by atoms with E-state index in [9.17, 15) is 9.59 Å². The summed E-state index contributed by atoms with van der Waals surface area (Å²) in [4.78, 5) is 38.4. The molecule has 2 aliphatic heterocycles. The summed E-state index contributed by atoms with van der Waals surface area (Å²) >= 11 is 0. The molecule has 6 heteroatoms. The van der Waals surface area contributed by atoms with Crippen LogP contribution < -0.4 is 4.90 Å². The maximum Gasteiger partial charge on any atom is 0.253 e. The van der Waals surface area contributed by atoms with E-state index in [1.54, 1.807) is 4.90 Å². The number of nitrogens with zero attached hydrogens (tertiary/aromatic N) is 4. The monoisotopic (exact) mass is 390 g/mol. The molecule has 3 aliphatic rings. The van der Waals surface area contributed by atoms with Crippen LogP contribution in [0.4, 0.5) is 5.69 Å². The van der Waals surface area contributed by atoms with Crippen molar-refractivity contribution in [3.05, 3.63) is 53.1 Å². The lowest BCUT2D eigenvalue weighted by Crippen LogP contribution is -2.48. The number of carbonyl (C=O) groups excluding carboxylic acids is 2. The van der Waals surface area contributed by atoms with E-state index in [2.05, 4.69) is 4.98 Å². The first-order valence-electron chi connectivity index (χ1n) is 10.6. The van der Waals surface area contributed by atoms with E-state index in [0.717, 1.165) is 62.4 Å². The van der Waals surface area contributed by atoms with Gasteiger partial charge in [-0.3, -0.25) is 9.59 Å². The molecule has 29 heavy (non-hydrogen) atoms. The SMILES string of the molecule is Cc1ncc2c(n1)C1(CCCN(C(=O)c3cccc(N4CCCC4=O)c3)C1)CC2. The number of carbonyl (C=O) groups is 2. The number of piperidine rings is 1. The number of hydrogen-bond donors (Lipinski definition) is 0. The fourth-order valence-electron chi connectivity index (χ4n) is 5.24. The predicted molar refractivity (Wildman–Crippen MR) is 110 cm³/mol. The van der Waals surface area contributed by atoms with Crippen molar-refractivity contribution >= 4 is 17.5 Å². The van der Waals surface area contributed by atoms with Crippen LogP contribution in [0.1, 0.15) is 59.5 Å². The second-order valence-electron chi connectivity index (χ2n) is 8.60. The molecule has 0 saturated carbocycles. The fourth-order valence-corrected chi connectivity index (χ4v) is 5.24. The third-order valence-electron chi connectivity index (χ3n) is 6.70. The Kier molecular flexibility index (Phi) is 4.37. The first-order chi connectivity index (χ1) is 14.1. The lowest BCUT2D eigenvalue weighted by molar-refractivity contribution is -0.117. The van der Waals surface area contributed by atoms with Gasteiger partial charge in [-0.05, 0) is 62.8 Å². The summed E-state index contributed by atoms with van der Waals surface area (Å²) in [6, 6.07) is 7.55. The number of fused-ring (bicyclic) bond motifs is 2. The molecule has 1 unspecified atom stereocenters. The van der Waals surface area contributed by atoms with Gasteiger partial charge in [0, 0.05) is 48.9 Å². The summed E-state index contributed by atoms with van der Waals surface area (Å²) in [6.45, 7) is 4.15. The number of aromatic nitrogens is 2. The van der Waals surface area contributed by atoms with E-state index >= 15 is 0 Å². The number of rotatable bonds is 2. The first-order valence-corrected chi connectivity index (χ1v) is 10.6. The maximum atomic E-state index is 13.4. The fraction of sp³-hybridized carbons (Fsp3) is 0.478. The molecule has 3 heterocycles. The molecule has 0 bridgehead atoms. The predicted octanol–water partition coefficient (Wildman–Crippen LogP) is 3.03. The zero-order valence-corrected chi connectivity index (χ0v) is 16.9. The molecular weight excluding hydrogens is 364 g/mol. The lowest BCUT2D eigenvalue weighted by Gasteiger charge is -2.40. The lowest BCUT2D eigenvalue weighted by atomic mass is 9.77. The summed E-state index contributed by atoms with van der Waals surface area (Å²) < 4.78 is 0. The van der Waals surface area contributed by atoms with Crippen molar-refractivity contribution in [2.24, 2.45) is 0 Å². The summed E-state index contributed by atoms with van der Waals surface area (Å²) in [6.07, 6.45) is 7.52. The van der Waals surface area contributed by atoms with Crippen molar-refractivity contribution in [2.45, 2.75) is 50.9 Å². The average molecular weight is 390 g/mol. The molecule has 2 fully saturated rings. The van der Waals surface area contributed by atoms with Gasteiger partial charge in [0.15, 0.2) is 0 Å². The molecule has 2 aromatic rings. The highest BCUT2D eigenvalue weighted by molar-refractivity contribution is 5.99. The van der Waals surface area contributed by atoms with Crippen molar-refractivity contribution in [2.75, 3.05) is 24.5 Å². The van der Waals surface area contributed by atoms with Gasteiger partial charge in [-0.1, -0.05) is 6.07 Å². The molecule has 1 atom stereocenters. The molecule has 1 spiro atoms. The standard InChI is InChI=1S/C23H26N4O2/c1-16-24-14-18-8-10-23(21(18)25-16)9-4-11-26(15-23)22(29)17-5-2-6-19(13-17)27-12-3-7-20(27)28/h2,5-6,13-14H,3-4,7-12,15H2,1H3. The van der Waals surface area contributed by atoms with E-state index in [1.165, 1.54) is 5.56 Å². The Morgan fingerprint density at radius 1 is 1.14 bits per heavy atom. The molecule has 1 aromatic heterocycles. The summed E-state index contributed by atoms with van der Waals surface area (Å²) in [5.74, 6) is 0.998. The van der Waals surface area contributed by atoms with Crippen LogP contribution in [0, 0.1) is 6.92 Å². The molecule has 2 amide bonds. The Morgan fingerprint density at radius 2 is 2.03 bits per heavy atom. The van der Waals surface area contributed by atoms with Crippen molar-refractivity contribution in [3.63, 3.8) is 0 Å². The van der Waals surface area contributed by atoms with Gasteiger partial charge >= 0.3 is 0 Å². The molecule has 5 rings (SSSR count). The third kappa shape index (κ3) is 3.11. The minimum atomic E-state index is -0.0422. The average Bonchev–Trinajstić information content (AvgIpc) is 3.32. The smallest absolute Gasteiger partial charge is 0.253 e. The van der Waals surface area contributed by atoms with Crippen LogP contribution in [0.3, 0.4) is 0 Å². The second kappa shape index (κ2) is 6.94. The van der Waals surface area contributed by atoms with Crippen LogP contribution in [0.2, 0.25) is 0 Å². The molecule has 1 aliphatic carbocycles. The molecular formula is C23H26N4O2. The highest BCUT2D eigenvalue weighted by atomic mass is 16.2. The van der Waals surface area contributed by atoms with Crippen molar-refractivity contribution in [1.82, 2.24) is 14.9 Å². The van der Waals surface area contributed by atoms with E-state index in [0.29, 0.717) is 18.5 Å². The normalized spacial score (nSPS) is 23.7. The van der Waals surface area contributed by atoms with Crippen LogP contribution in [0.15, 0.2) is 30.5 Å². The summed E-state index contributed by atoms with van der Waals surface area (Å²) in [7, 11) is 0. The van der Waals surface area contributed by atoms with E-state index in [4.69, 9.17) is 4.98 Å². The zero-order chi connectivity index (χ0) is 20.0. The van der Waals surface area contributed by atoms with Gasteiger partial charge in [-0.2, -0.15) is 0 Å². The maximum absolute atomic E-state index is 13.4. The van der Waals surface area contributed by atoms with Crippen LogP contribution in [0.5, 0.6) is 0 Å². The Hall–Kier alpha value is -2.76. The van der Waals surface area contributed by atoms with E-state index in [-0.39, 0.29) is 17.2 Å².